The number of aryl methyl sites for hydroxylation is 2. The summed E-state index contributed by atoms with van der Waals surface area (Å²) in [6, 6.07) is 6.41. The summed E-state index contributed by atoms with van der Waals surface area (Å²) in [5.41, 5.74) is 1.98. The van der Waals surface area contributed by atoms with Crippen LogP contribution in [0.1, 0.15) is 16.7 Å². The summed E-state index contributed by atoms with van der Waals surface area (Å²) < 4.78 is 13.6. The minimum Gasteiger partial charge on any atom is -0.350 e. The van der Waals surface area contributed by atoms with E-state index in [2.05, 4.69) is 4.98 Å². The first kappa shape index (κ1) is 14.9. The largest absolute Gasteiger partial charge is 0.350 e. The number of aromatic nitrogens is 1. The third-order valence-electron chi connectivity index (χ3n) is 3.20. The Bertz CT molecular complexity index is 689. The average molecular weight is 289 g/mol. The molecule has 0 amide bonds. The zero-order chi connectivity index (χ0) is 15.6. The third-order valence-corrected chi connectivity index (χ3v) is 3.20. The maximum Gasteiger partial charge on any atom is 0.311 e. The molecule has 1 heterocycles. The molecule has 0 atom stereocenters. The number of nitro groups is 1. The summed E-state index contributed by atoms with van der Waals surface area (Å²) in [5, 5.41) is 11.1. The number of anilines is 1. The molecule has 0 spiro atoms. The highest BCUT2D eigenvalue weighted by Crippen LogP contribution is 2.26. The van der Waals surface area contributed by atoms with E-state index in [1.54, 1.807) is 44.1 Å². The van der Waals surface area contributed by atoms with Crippen molar-refractivity contribution in [2.75, 3.05) is 11.9 Å². The summed E-state index contributed by atoms with van der Waals surface area (Å²) in [6.07, 6.45) is 1.58. The van der Waals surface area contributed by atoms with E-state index in [0.29, 0.717) is 12.1 Å². The van der Waals surface area contributed by atoms with Gasteiger partial charge in [0, 0.05) is 25.9 Å². The molecule has 6 heteroatoms. The van der Waals surface area contributed by atoms with Gasteiger partial charge < -0.3 is 4.90 Å². The number of nitrogens with zero attached hydrogens (tertiary/aromatic N) is 3. The minimum absolute atomic E-state index is 0.0508. The smallest absolute Gasteiger partial charge is 0.311 e. The Balaban J connectivity index is 2.29. The molecule has 0 N–H and O–H groups in total. The van der Waals surface area contributed by atoms with Crippen molar-refractivity contribution < 1.29 is 9.31 Å². The number of benzene rings is 1. The van der Waals surface area contributed by atoms with Gasteiger partial charge in [0.25, 0.3) is 0 Å². The molecule has 5 nitrogen and oxygen atoms in total. The lowest BCUT2D eigenvalue weighted by atomic mass is 10.1. The second kappa shape index (κ2) is 5.87. The van der Waals surface area contributed by atoms with Crippen LogP contribution in [0.2, 0.25) is 0 Å². The van der Waals surface area contributed by atoms with Crippen LogP contribution in [-0.4, -0.2) is 17.0 Å². The van der Waals surface area contributed by atoms with Crippen LogP contribution < -0.4 is 4.90 Å². The van der Waals surface area contributed by atoms with E-state index in [1.165, 1.54) is 12.1 Å². The summed E-state index contributed by atoms with van der Waals surface area (Å²) in [5.74, 6) is -0.0150. The highest BCUT2D eigenvalue weighted by Gasteiger charge is 2.19. The molecule has 0 saturated carbocycles. The Morgan fingerprint density at radius 1 is 1.33 bits per heavy atom. The third kappa shape index (κ3) is 3.34. The Morgan fingerprint density at radius 2 is 2.05 bits per heavy atom. The van der Waals surface area contributed by atoms with Crippen molar-refractivity contribution in [1.82, 2.24) is 4.98 Å². The van der Waals surface area contributed by atoms with E-state index in [4.69, 9.17) is 0 Å². The van der Waals surface area contributed by atoms with E-state index >= 15 is 0 Å². The van der Waals surface area contributed by atoms with Crippen molar-refractivity contribution in [2.45, 2.75) is 20.4 Å². The Morgan fingerprint density at radius 3 is 2.67 bits per heavy atom. The second-order valence-corrected chi connectivity index (χ2v) is 5.05. The van der Waals surface area contributed by atoms with Crippen LogP contribution in [-0.2, 0) is 6.54 Å². The zero-order valence-electron chi connectivity index (χ0n) is 12.1. The molecule has 1 aromatic heterocycles. The lowest BCUT2D eigenvalue weighted by Gasteiger charge is -2.18. The van der Waals surface area contributed by atoms with E-state index in [9.17, 15) is 14.5 Å². The van der Waals surface area contributed by atoms with Crippen LogP contribution in [0.5, 0.6) is 0 Å². The summed E-state index contributed by atoms with van der Waals surface area (Å²) in [4.78, 5) is 16.4. The van der Waals surface area contributed by atoms with Gasteiger partial charge in [0.1, 0.15) is 5.82 Å². The Hall–Kier alpha value is -2.50. The van der Waals surface area contributed by atoms with Gasteiger partial charge in [-0.25, -0.2) is 9.37 Å². The molecule has 2 rings (SSSR count). The van der Waals surface area contributed by atoms with Gasteiger partial charge in [-0.2, -0.15) is 0 Å². The van der Waals surface area contributed by atoms with Crippen LogP contribution in [0.4, 0.5) is 15.9 Å². The first-order valence-electron chi connectivity index (χ1n) is 6.45. The molecular formula is C15H16FN3O2. The van der Waals surface area contributed by atoms with Gasteiger partial charge in [0.05, 0.1) is 4.92 Å². The lowest BCUT2D eigenvalue weighted by molar-refractivity contribution is -0.384. The number of rotatable bonds is 4. The van der Waals surface area contributed by atoms with Crippen LogP contribution >= 0.6 is 0 Å². The van der Waals surface area contributed by atoms with Gasteiger partial charge in [-0.05, 0) is 36.6 Å². The quantitative estimate of drug-likeness (QED) is 0.639. The van der Waals surface area contributed by atoms with Gasteiger partial charge in [-0.3, -0.25) is 10.1 Å². The van der Waals surface area contributed by atoms with Crippen LogP contribution in [0, 0.1) is 29.8 Å². The monoisotopic (exact) mass is 289 g/mol. The Labute approximate surface area is 122 Å². The molecule has 0 bridgehead atoms. The van der Waals surface area contributed by atoms with Crippen molar-refractivity contribution >= 4 is 11.5 Å². The summed E-state index contributed by atoms with van der Waals surface area (Å²) in [6.45, 7) is 3.78. The number of hydrogen-bond donors (Lipinski definition) is 0. The number of pyridine rings is 1. The second-order valence-electron chi connectivity index (χ2n) is 5.05. The standard InChI is InChI=1S/C15H16FN3O2/c1-10-6-14(19(20)21)15(17-8-10)18(3)9-12-5-4-11(2)13(16)7-12/h4-8H,9H2,1-3H3. The van der Waals surface area contributed by atoms with E-state index < -0.39 is 4.92 Å². The van der Waals surface area contributed by atoms with Crippen molar-refractivity contribution in [1.29, 1.82) is 0 Å². The normalized spacial score (nSPS) is 10.5. The molecule has 21 heavy (non-hydrogen) atoms. The van der Waals surface area contributed by atoms with Gasteiger partial charge in [0.2, 0.25) is 5.82 Å². The SMILES string of the molecule is Cc1cnc(N(C)Cc2ccc(C)c(F)c2)c([N+](=O)[O-])c1. The highest BCUT2D eigenvalue weighted by molar-refractivity contribution is 5.58. The van der Waals surface area contributed by atoms with Crippen molar-refractivity contribution in [3.8, 4) is 0 Å². The molecular weight excluding hydrogens is 273 g/mol. The fraction of sp³-hybridized carbons (Fsp3) is 0.267. The van der Waals surface area contributed by atoms with E-state index in [0.717, 1.165) is 11.1 Å². The molecule has 0 aliphatic rings. The van der Waals surface area contributed by atoms with Crippen molar-refractivity contribution in [3.05, 3.63) is 63.1 Å². The maximum atomic E-state index is 13.6. The minimum atomic E-state index is -0.457. The molecule has 1 aromatic carbocycles. The molecule has 0 unspecified atom stereocenters. The molecule has 0 saturated heterocycles. The average Bonchev–Trinajstić information content (AvgIpc) is 2.42. The lowest BCUT2D eigenvalue weighted by Crippen LogP contribution is -2.19. The fourth-order valence-corrected chi connectivity index (χ4v) is 2.06. The summed E-state index contributed by atoms with van der Waals surface area (Å²) in [7, 11) is 1.70. The molecule has 0 aliphatic heterocycles. The predicted octanol–water partition coefficient (Wildman–Crippen LogP) is 3.38. The molecule has 2 aromatic rings. The van der Waals surface area contributed by atoms with E-state index in [-0.39, 0.29) is 17.3 Å². The Kier molecular flexibility index (Phi) is 4.16. The first-order valence-corrected chi connectivity index (χ1v) is 6.45. The first-order chi connectivity index (χ1) is 9.88. The predicted molar refractivity (Wildman–Crippen MR) is 78.9 cm³/mol. The van der Waals surface area contributed by atoms with Crippen molar-refractivity contribution in [2.24, 2.45) is 0 Å². The van der Waals surface area contributed by atoms with Gasteiger partial charge in [-0.1, -0.05) is 12.1 Å². The van der Waals surface area contributed by atoms with E-state index in [1.807, 2.05) is 0 Å². The molecule has 0 radical (unpaired) electrons. The molecule has 0 aliphatic carbocycles. The van der Waals surface area contributed by atoms with Crippen molar-refractivity contribution in [3.63, 3.8) is 0 Å². The molecule has 0 fully saturated rings. The topological polar surface area (TPSA) is 59.3 Å². The highest BCUT2D eigenvalue weighted by atomic mass is 19.1. The number of hydrogen-bond acceptors (Lipinski definition) is 4. The van der Waals surface area contributed by atoms with Gasteiger partial charge in [0.15, 0.2) is 0 Å². The van der Waals surface area contributed by atoms with Gasteiger partial charge >= 0.3 is 5.69 Å². The maximum absolute atomic E-state index is 13.6. The zero-order valence-corrected chi connectivity index (χ0v) is 12.1. The molecule has 110 valence electrons. The van der Waals surface area contributed by atoms with Gasteiger partial charge in [-0.15, -0.1) is 0 Å². The van der Waals surface area contributed by atoms with Crippen LogP contribution in [0.15, 0.2) is 30.5 Å². The van der Waals surface area contributed by atoms with Crippen LogP contribution in [0.25, 0.3) is 0 Å². The van der Waals surface area contributed by atoms with Crippen LogP contribution in [0.3, 0.4) is 0 Å². The summed E-state index contributed by atoms with van der Waals surface area (Å²) >= 11 is 0. The fourth-order valence-electron chi connectivity index (χ4n) is 2.06. The number of halogens is 1.